The van der Waals surface area contributed by atoms with Gasteiger partial charge in [0.25, 0.3) is 0 Å². The van der Waals surface area contributed by atoms with Gasteiger partial charge < -0.3 is 0 Å². The van der Waals surface area contributed by atoms with Crippen molar-refractivity contribution >= 4 is 18.4 Å². The number of hydrogen-bond acceptors (Lipinski definition) is 2. The molecule has 1 aromatic carbocycles. The van der Waals surface area contributed by atoms with E-state index in [9.17, 15) is 0 Å². The Balaban J connectivity index is 2.30. The summed E-state index contributed by atoms with van der Waals surface area (Å²) in [7, 11) is 0.528. The molecular formula is C19H30N2SSi. The lowest BCUT2D eigenvalue weighted by molar-refractivity contribution is 0.776. The van der Waals surface area contributed by atoms with Crippen LogP contribution in [0.1, 0.15) is 41.5 Å². The monoisotopic (exact) mass is 346 g/mol. The average molecular weight is 347 g/mol. The SMILES string of the molecule is CC(C)[Si](Sc1ccc(-c2ccnn2C)cc1)(C(C)C)C(C)C. The standard InChI is InChI=1S/C19H30N2SSi/c1-14(2)23(15(3)4,16(5)6)22-18-10-8-17(9-11-18)19-12-13-20-21(19)7/h8-16H,1-7H3. The Labute approximate surface area is 146 Å². The van der Waals surface area contributed by atoms with Crippen LogP contribution < -0.4 is 0 Å². The molecule has 0 aliphatic carbocycles. The summed E-state index contributed by atoms with van der Waals surface area (Å²) < 4.78 is 1.93. The maximum Gasteiger partial charge on any atom is 0.131 e. The fourth-order valence-corrected chi connectivity index (χ4v) is 13.1. The molecule has 2 rings (SSSR count). The second-order valence-electron chi connectivity index (χ2n) is 7.28. The van der Waals surface area contributed by atoms with Gasteiger partial charge in [-0.25, -0.2) is 0 Å². The zero-order chi connectivity index (χ0) is 17.2. The smallest absolute Gasteiger partial charge is 0.131 e. The van der Waals surface area contributed by atoms with Crippen LogP contribution in [0.15, 0.2) is 41.4 Å². The molecule has 0 amide bonds. The summed E-state index contributed by atoms with van der Waals surface area (Å²) >= 11 is 2.19. The zero-order valence-electron chi connectivity index (χ0n) is 15.5. The van der Waals surface area contributed by atoms with E-state index in [0.717, 1.165) is 16.6 Å². The topological polar surface area (TPSA) is 17.8 Å². The Morgan fingerprint density at radius 3 is 1.78 bits per heavy atom. The third-order valence-electron chi connectivity index (χ3n) is 4.97. The Kier molecular flexibility index (Phi) is 5.79. The van der Waals surface area contributed by atoms with E-state index < -0.39 is 7.22 Å². The molecule has 0 unspecified atom stereocenters. The van der Waals surface area contributed by atoms with Crippen molar-refractivity contribution in [3.05, 3.63) is 36.5 Å². The molecule has 0 bridgehead atoms. The third kappa shape index (κ3) is 3.58. The number of nitrogens with zero attached hydrogens (tertiary/aromatic N) is 2. The lowest BCUT2D eigenvalue weighted by Crippen LogP contribution is -2.40. The van der Waals surface area contributed by atoms with Crippen LogP contribution in [-0.4, -0.2) is 17.0 Å². The van der Waals surface area contributed by atoms with Crippen molar-refractivity contribution in [3.63, 3.8) is 0 Å². The highest BCUT2D eigenvalue weighted by Crippen LogP contribution is 2.51. The van der Waals surface area contributed by atoms with Crippen LogP contribution in [0.4, 0.5) is 0 Å². The molecule has 4 heteroatoms. The molecule has 0 aliphatic heterocycles. The van der Waals surface area contributed by atoms with Crippen molar-refractivity contribution in [3.8, 4) is 11.3 Å². The maximum absolute atomic E-state index is 4.26. The van der Waals surface area contributed by atoms with E-state index in [1.807, 2.05) is 17.9 Å². The van der Waals surface area contributed by atoms with Gasteiger partial charge in [-0.15, -0.1) is 0 Å². The molecule has 0 fully saturated rings. The molecule has 2 aromatic rings. The molecule has 0 spiro atoms. The Bertz CT molecular complexity index is 607. The van der Waals surface area contributed by atoms with Crippen molar-refractivity contribution in [2.24, 2.45) is 7.05 Å². The van der Waals surface area contributed by atoms with E-state index in [2.05, 4.69) is 88.2 Å². The number of benzene rings is 1. The van der Waals surface area contributed by atoms with Crippen LogP contribution in [0.25, 0.3) is 11.3 Å². The first-order valence-electron chi connectivity index (χ1n) is 8.56. The second-order valence-corrected chi connectivity index (χ2v) is 15.9. The van der Waals surface area contributed by atoms with Crippen LogP contribution in [0.3, 0.4) is 0 Å². The van der Waals surface area contributed by atoms with E-state index in [4.69, 9.17) is 0 Å². The molecule has 23 heavy (non-hydrogen) atoms. The van der Waals surface area contributed by atoms with E-state index in [1.165, 1.54) is 16.2 Å². The second kappa shape index (κ2) is 7.26. The van der Waals surface area contributed by atoms with E-state index in [1.54, 1.807) is 0 Å². The lowest BCUT2D eigenvalue weighted by Gasteiger charge is -2.42. The Morgan fingerprint density at radius 2 is 1.39 bits per heavy atom. The molecule has 1 heterocycles. The highest BCUT2D eigenvalue weighted by molar-refractivity contribution is 8.29. The normalized spacial score (nSPS) is 12.6. The van der Waals surface area contributed by atoms with Gasteiger partial charge >= 0.3 is 0 Å². The summed E-state index contributed by atoms with van der Waals surface area (Å²) in [5.41, 5.74) is 4.71. The van der Waals surface area contributed by atoms with Crippen molar-refractivity contribution in [1.82, 2.24) is 9.78 Å². The van der Waals surface area contributed by atoms with Crippen molar-refractivity contribution in [2.75, 3.05) is 0 Å². The van der Waals surface area contributed by atoms with Gasteiger partial charge in [0, 0.05) is 18.1 Å². The third-order valence-corrected chi connectivity index (χ3v) is 17.3. The first kappa shape index (κ1) is 18.3. The van der Waals surface area contributed by atoms with Gasteiger partial charge in [0.15, 0.2) is 0 Å². The van der Waals surface area contributed by atoms with Gasteiger partial charge in [-0.1, -0.05) is 53.7 Å². The quantitative estimate of drug-likeness (QED) is 0.567. The fourth-order valence-electron chi connectivity index (χ4n) is 3.91. The van der Waals surface area contributed by atoms with Gasteiger partial charge in [0.1, 0.15) is 7.22 Å². The minimum atomic E-state index is -1.46. The van der Waals surface area contributed by atoms with Gasteiger partial charge in [0.05, 0.1) is 5.69 Å². The van der Waals surface area contributed by atoms with E-state index in [0.29, 0.717) is 0 Å². The molecular weight excluding hydrogens is 316 g/mol. The largest absolute Gasteiger partial charge is 0.268 e. The molecule has 0 saturated heterocycles. The molecule has 126 valence electrons. The van der Waals surface area contributed by atoms with Gasteiger partial charge in [-0.3, -0.25) is 4.68 Å². The summed E-state index contributed by atoms with van der Waals surface area (Å²) in [6, 6.07) is 11.1. The van der Waals surface area contributed by atoms with Gasteiger partial charge in [-0.05, 0) is 40.4 Å². The highest BCUT2D eigenvalue weighted by atomic mass is 32.4. The Morgan fingerprint density at radius 1 is 0.870 bits per heavy atom. The molecule has 1 aromatic heterocycles. The van der Waals surface area contributed by atoms with Crippen molar-refractivity contribution in [1.29, 1.82) is 0 Å². The number of aryl methyl sites for hydroxylation is 1. The number of aromatic nitrogens is 2. The predicted octanol–water partition coefficient (Wildman–Crippen LogP) is 6.35. The summed E-state index contributed by atoms with van der Waals surface area (Å²) in [6.07, 6.45) is 1.85. The Hall–Kier alpha value is -1.00. The van der Waals surface area contributed by atoms with Crippen LogP contribution in [0.5, 0.6) is 0 Å². The zero-order valence-corrected chi connectivity index (χ0v) is 17.3. The van der Waals surface area contributed by atoms with Crippen LogP contribution >= 0.6 is 11.2 Å². The van der Waals surface area contributed by atoms with Crippen LogP contribution in [-0.2, 0) is 7.05 Å². The van der Waals surface area contributed by atoms with E-state index in [-0.39, 0.29) is 0 Å². The maximum atomic E-state index is 4.26. The molecule has 0 radical (unpaired) electrons. The van der Waals surface area contributed by atoms with Gasteiger partial charge in [0.2, 0.25) is 0 Å². The van der Waals surface area contributed by atoms with Gasteiger partial charge in [-0.2, -0.15) is 16.3 Å². The molecule has 2 nitrogen and oxygen atoms in total. The van der Waals surface area contributed by atoms with Crippen molar-refractivity contribution < 1.29 is 0 Å². The number of hydrogen-bond donors (Lipinski definition) is 0. The van der Waals surface area contributed by atoms with E-state index >= 15 is 0 Å². The summed E-state index contributed by atoms with van der Waals surface area (Å²) in [5, 5.41) is 4.26. The molecule has 0 saturated carbocycles. The number of rotatable bonds is 6. The summed E-state index contributed by atoms with van der Waals surface area (Å²) in [6.45, 7) is 14.5. The van der Waals surface area contributed by atoms with Crippen LogP contribution in [0.2, 0.25) is 16.6 Å². The summed E-state index contributed by atoms with van der Waals surface area (Å²) in [4.78, 5) is 1.42. The fraction of sp³-hybridized carbons (Fsp3) is 0.526. The minimum absolute atomic E-state index is 0.768. The average Bonchev–Trinajstić information content (AvgIpc) is 2.90. The summed E-state index contributed by atoms with van der Waals surface area (Å²) in [5.74, 6) is 0. The first-order chi connectivity index (χ1) is 10.8. The van der Waals surface area contributed by atoms with Crippen molar-refractivity contribution in [2.45, 2.75) is 63.1 Å². The minimum Gasteiger partial charge on any atom is -0.268 e. The first-order valence-corrected chi connectivity index (χ1v) is 12.3. The predicted molar refractivity (Wildman–Crippen MR) is 106 cm³/mol. The molecule has 0 N–H and O–H groups in total. The highest BCUT2D eigenvalue weighted by Gasteiger charge is 2.43. The molecule has 0 atom stereocenters. The molecule has 0 aliphatic rings. The lowest BCUT2D eigenvalue weighted by atomic mass is 10.1. The van der Waals surface area contributed by atoms with Crippen LogP contribution in [0, 0.1) is 0 Å².